The molecule has 0 aromatic heterocycles. The highest BCUT2D eigenvalue weighted by atomic mass is 35.5. The first-order valence-corrected chi connectivity index (χ1v) is 5.25. The van der Waals surface area contributed by atoms with Crippen LogP contribution in [0, 0.1) is 5.82 Å². The minimum atomic E-state index is -0.213. The first-order chi connectivity index (χ1) is 7.33. The fourth-order valence-corrected chi connectivity index (χ4v) is 1.81. The molecule has 0 bridgehead atoms. The van der Waals surface area contributed by atoms with Gasteiger partial charge in [-0.25, -0.2) is 4.39 Å². The summed E-state index contributed by atoms with van der Waals surface area (Å²) in [4.78, 5) is 0. The molecule has 0 amide bonds. The van der Waals surface area contributed by atoms with E-state index >= 15 is 0 Å². The highest BCUT2D eigenvalue weighted by Crippen LogP contribution is 2.26. The Balaban J connectivity index is 2.59. The Kier molecular flexibility index (Phi) is 3.02. The second-order valence-electron chi connectivity index (χ2n) is 3.27. The standard InChI is InChI=1S/C13H10ClF/c14-9-10-5-1-2-6-11(10)12-7-3-4-8-13(12)15/h1-8H,9H2. The zero-order valence-electron chi connectivity index (χ0n) is 8.08. The lowest BCUT2D eigenvalue weighted by atomic mass is 10.0. The van der Waals surface area contributed by atoms with Crippen LogP contribution in [0.25, 0.3) is 11.1 Å². The van der Waals surface area contributed by atoms with E-state index < -0.39 is 0 Å². The maximum Gasteiger partial charge on any atom is 0.131 e. The predicted molar refractivity (Wildman–Crippen MR) is 61.4 cm³/mol. The molecule has 0 saturated carbocycles. The number of alkyl halides is 1. The highest BCUT2D eigenvalue weighted by molar-refractivity contribution is 6.17. The third kappa shape index (κ3) is 2.02. The van der Waals surface area contributed by atoms with Gasteiger partial charge in [0.25, 0.3) is 0 Å². The highest BCUT2D eigenvalue weighted by Gasteiger charge is 2.07. The molecular weight excluding hydrogens is 211 g/mol. The van der Waals surface area contributed by atoms with E-state index in [1.54, 1.807) is 12.1 Å². The molecule has 0 saturated heterocycles. The zero-order chi connectivity index (χ0) is 10.7. The molecule has 0 aliphatic heterocycles. The Labute approximate surface area is 93.3 Å². The molecule has 2 heteroatoms. The van der Waals surface area contributed by atoms with Crippen LogP contribution in [0.2, 0.25) is 0 Å². The number of hydrogen-bond donors (Lipinski definition) is 0. The van der Waals surface area contributed by atoms with Crippen LogP contribution >= 0.6 is 11.6 Å². The van der Waals surface area contributed by atoms with Crippen molar-refractivity contribution in [3.05, 3.63) is 59.9 Å². The van der Waals surface area contributed by atoms with Gasteiger partial charge in [0.1, 0.15) is 5.82 Å². The molecule has 0 heterocycles. The fourth-order valence-electron chi connectivity index (χ4n) is 1.58. The van der Waals surface area contributed by atoms with Gasteiger partial charge in [-0.15, -0.1) is 11.6 Å². The molecule has 0 radical (unpaired) electrons. The normalized spacial score (nSPS) is 10.3. The van der Waals surface area contributed by atoms with E-state index in [0.717, 1.165) is 11.1 Å². The monoisotopic (exact) mass is 220 g/mol. The largest absolute Gasteiger partial charge is 0.206 e. The van der Waals surface area contributed by atoms with Crippen molar-refractivity contribution in [1.29, 1.82) is 0 Å². The maximum atomic E-state index is 13.5. The summed E-state index contributed by atoms with van der Waals surface area (Å²) in [6, 6.07) is 14.3. The first-order valence-electron chi connectivity index (χ1n) is 4.71. The SMILES string of the molecule is Fc1ccccc1-c1ccccc1CCl. The van der Waals surface area contributed by atoms with Gasteiger partial charge in [-0.05, 0) is 17.2 Å². The van der Waals surface area contributed by atoms with Crippen molar-refractivity contribution in [3.63, 3.8) is 0 Å². The lowest BCUT2D eigenvalue weighted by Crippen LogP contribution is -1.88. The molecule has 0 atom stereocenters. The van der Waals surface area contributed by atoms with Gasteiger partial charge in [0.2, 0.25) is 0 Å². The Morgan fingerprint density at radius 3 is 2.13 bits per heavy atom. The average molecular weight is 221 g/mol. The van der Waals surface area contributed by atoms with Crippen LogP contribution in [-0.4, -0.2) is 0 Å². The van der Waals surface area contributed by atoms with Gasteiger partial charge in [0.05, 0.1) is 0 Å². The fraction of sp³-hybridized carbons (Fsp3) is 0.0769. The average Bonchev–Trinajstić information content (AvgIpc) is 2.30. The summed E-state index contributed by atoms with van der Waals surface area (Å²) < 4.78 is 13.5. The number of halogens is 2. The second-order valence-corrected chi connectivity index (χ2v) is 3.54. The van der Waals surface area contributed by atoms with Gasteiger partial charge in [0.15, 0.2) is 0 Å². The van der Waals surface area contributed by atoms with Crippen LogP contribution in [0.4, 0.5) is 4.39 Å². The predicted octanol–water partition coefficient (Wildman–Crippen LogP) is 4.23. The van der Waals surface area contributed by atoms with Crippen molar-refractivity contribution in [3.8, 4) is 11.1 Å². The summed E-state index contributed by atoms with van der Waals surface area (Å²) >= 11 is 5.81. The number of benzene rings is 2. The third-order valence-corrected chi connectivity index (χ3v) is 2.61. The number of rotatable bonds is 2. The van der Waals surface area contributed by atoms with Gasteiger partial charge in [0, 0.05) is 11.4 Å². The van der Waals surface area contributed by atoms with E-state index in [-0.39, 0.29) is 5.82 Å². The molecular formula is C13H10ClF. The summed E-state index contributed by atoms with van der Waals surface area (Å²) in [6.07, 6.45) is 0. The molecule has 0 N–H and O–H groups in total. The minimum Gasteiger partial charge on any atom is -0.206 e. The van der Waals surface area contributed by atoms with Gasteiger partial charge in [-0.2, -0.15) is 0 Å². The van der Waals surface area contributed by atoms with Gasteiger partial charge >= 0.3 is 0 Å². The Bertz CT molecular complexity index is 466. The molecule has 15 heavy (non-hydrogen) atoms. The Morgan fingerprint density at radius 2 is 1.47 bits per heavy atom. The molecule has 0 fully saturated rings. The van der Waals surface area contributed by atoms with Crippen molar-refractivity contribution >= 4 is 11.6 Å². The molecule has 2 aromatic rings. The van der Waals surface area contributed by atoms with Gasteiger partial charge < -0.3 is 0 Å². The van der Waals surface area contributed by atoms with Crippen LogP contribution in [0.5, 0.6) is 0 Å². The van der Waals surface area contributed by atoms with Crippen molar-refractivity contribution in [2.45, 2.75) is 5.88 Å². The smallest absolute Gasteiger partial charge is 0.131 e. The van der Waals surface area contributed by atoms with E-state index in [1.165, 1.54) is 6.07 Å². The second kappa shape index (κ2) is 4.45. The van der Waals surface area contributed by atoms with E-state index in [4.69, 9.17) is 11.6 Å². The van der Waals surface area contributed by atoms with Crippen molar-refractivity contribution in [2.24, 2.45) is 0 Å². The summed E-state index contributed by atoms with van der Waals surface area (Å²) in [7, 11) is 0. The maximum absolute atomic E-state index is 13.5. The molecule has 0 unspecified atom stereocenters. The lowest BCUT2D eigenvalue weighted by Gasteiger charge is -2.07. The molecule has 0 aliphatic carbocycles. The van der Waals surface area contributed by atoms with Crippen LogP contribution in [0.15, 0.2) is 48.5 Å². The van der Waals surface area contributed by atoms with Crippen LogP contribution < -0.4 is 0 Å². The topological polar surface area (TPSA) is 0 Å². The van der Waals surface area contributed by atoms with Gasteiger partial charge in [-0.1, -0.05) is 42.5 Å². The third-order valence-electron chi connectivity index (χ3n) is 2.33. The molecule has 76 valence electrons. The van der Waals surface area contributed by atoms with Gasteiger partial charge in [-0.3, -0.25) is 0 Å². The summed E-state index contributed by atoms with van der Waals surface area (Å²) in [5.41, 5.74) is 2.42. The van der Waals surface area contributed by atoms with Crippen LogP contribution in [0.3, 0.4) is 0 Å². The summed E-state index contributed by atoms with van der Waals surface area (Å²) in [6.45, 7) is 0. The first kappa shape index (κ1) is 10.2. The molecule has 0 spiro atoms. The molecule has 2 aromatic carbocycles. The van der Waals surface area contributed by atoms with Crippen molar-refractivity contribution in [1.82, 2.24) is 0 Å². The van der Waals surface area contributed by atoms with Crippen molar-refractivity contribution in [2.75, 3.05) is 0 Å². The lowest BCUT2D eigenvalue weighted by molar-refractivity contribution is 0.631. The Hall–Kier alpha value is -1.34. The molecule has 0 aliphatic rings. The summed E-state index contributed by atoms with van der Waals surface area (Å²) in [5, 5.41) is 0. The minimum absolute atomic E-state index is 0.213. The van der Waals surface area contributed by atoms with E-state index in [2.05, 4.69) is 0 Å². The Morgan fingerprint density at radius 1 is 0.867 bits per heavy atom. The van der Waals surface area contributed by atoms with E-state index in [1.807, 2.05) is 30.3 Å². The van der Waals surface area contributed by atoms with E-state index in [9.17, 15) is 4.39 Å². The quantitative estimate of drug-likeness (QED) is 0.665. The van der Waals surface area contributed by atoms with E-state index in [0.29, 0.717) is 11.4 Å². The molecule has 2 rings (SSSR count). The zero-order valence-corrected chi connectivity index (χ0v) is 8.84. The molecule has 0 nitrogen and oxygen atoms in total. The summed E-state index contributed by atoms with van der Waals surface area (Å²) in [5.74, 6) is 0.180. The van der Waals surface area contributed by atoms with Crippen LogP contribution in [-0.2, 0) is 5.88 Å². The van der Waals surface area contributed by atoms with Crippen molar-refractivity contribution < 1.29 is 4.39 Å². The van der Waals surface area contributed by atoms with Crippen LogP contribution in [0.1, 0.15) is 5.56 Å². The number of hydrogen-bond acceptors (Lipinski definition) is 0.